The molecule has 106 valence electrons. The van der Waals surface area contributed by atoms with Gasteiger partial charge in [0.25, 0.3) is 5.91 Å². The summed E-state index contributed by atoms with van der Waals surface area (Å²) < 4.78 is 6.45. The zero-order chi connectivity index (χ0) is 14.9. The van der Waals surface area contributed by atoms with E-state index in [0.29, 0.717) is 23.0 Å². The minimum absolute atomic E-state index is 0.158. The molecular weight excluding hydrogens is 260 g/mol. The second kappa shape index (κ2) is 5.16. The molecule has 0 unspecified atom stereocenters. The van der Waals surface area contributed by atoms with E-state index in [2.05, 4.69) is 20.4 Å². The maximum Gasteiger partial charge on any atom is 0.278 e. The number of hydrogen-bond donors (Lipinski definition) is 2. The van der Waals surface area contributed by atoms with Crippen molar-refractivity contribution in [2.45, 2.75) is 13.8 Å². The zero-order valence-electron chi connectivity index (χ0n) is 11.8. The van der Waals surface area contributed by atoms with Gasteiger partial charge in [-0.15, -0.1) is 0 Å². The van der Waals surface area contributed by atoms with Crippen LogP contribution in [0.25, 0.3) is 0 Å². The van der Waals surface area contributed by atoms with Crippen LogP contribution >= 0.6 is 0 Å². The molecule has 0 aliphatic carbocycles. The predicted octanol–water partition coefficient (Wildman–Crippen LogP) is 0.670. The molecule has 0 saturated heterocycles. The standard InChI is InChI=1S/C12H16N6O2/c1-6-5-8(20-4)15-12(14-6)16-11(19)10-9(13)7(2)17-18(10)3/h5H,13H2,1-4H3,(H,14,15,16,19). The van der Waals surface area contributed by atoms with Gasteiger partial charge in [-0.05, 0) is 13.8 Å². The summed E-state index contributed by atoms with van der Waals surface area (Å²) >= 11 is 0. The molecule has 2 heterocycles. The van der Waals surface area contributed by atoms with E-state index in [1.54, 1.807) is 27.0 Å². The topological polar surface area (TPSA) is 108 Å². The minimum atomic E-state index is -0.418. The van der Waals surface area contributed by atoms with Crippen LogP contribution in [0.2, 0.25) is 0 Å². The lowest BCUT2D eigenvalue weighted by molar-refractivity contribution is 0.101. The summed E-state index contributed by atoms with van der Waals surface area (Å²) in [4.78, 5) is 20.4. The van der Waals surface area contributed by atoms with E-state index in [1.165, 1.54) is 11.8 Å². The molecule has 0 aromatic carbocycles. The molecule has 0 fully saturated rings. The molecule has 2 aromatic rings. The Kier molecular flexibility index (Phi) is 3.55. The predicted molar refractivity (Wildman–Crippen MR) is 73.6 cm³/mol. The summed E-state index contributed by atoms with van der Waals surface area (Å²) in [6, 6.07) is 1.66. The number of carbonyl (C=O) groups is 1. The normalized spacial score (nSPS) is 10.4. The van der Waals surface area contributed by atoms with Gasteiger partial charge in [-0.1, -0.05) is 0 Å². The highest BCUT2D eigenvalue weighted by molar-refractivity contribution is 6.05. The van der Waals surface area contributed by atoms with Crippen molar-refractivity contribution in [3.63, 3.8) is 0 Å². The minimum Gasteiger partial charge on any atom is -0.481 e. The molecule has 1 amide bonds. The van der Waals surface area contributed by atoms with Crippen molar-refractivity contribution in [1.82, 2.24) is 19.7 Å². The van der Waals surface area contributed by atoms with Gasteiger partial charge in [0, 0.05) is 18.8 Å². The third-order valence-electron chi connectivity index (χ3n) is 2.75. The van der Waals surface area contributed by atoms with Gasteiger partial charge in [0.1, 0.15) is 5.69 Å². The highest BCUT2D eigenvalue weighted by Crippen LogP contribution is 2.17. The largest absolute Gasteiger partial charge is 0.481 e. The molecule has 0 spiro atoms. The highest BCUT2D eigenvalue weighted by Gasteiger charge is 2.19. The first-order chi connectivity index (χ1) is 9.42. The highest BCUT2D eigenvalue weighted by atomic mass is 16.5. The number of aryl methyl sites for hydroxylation is 3. The van der Waals surface area contributed by atoms with Crippen LogP contribution in [0, 0.1) is 13.8 Å². The summed E-state index contributed by atoms with van der Waals surface area (Å²) in [7, 11) is 3.14. The number of amides is 1. The second-order valence-corrected chi connectivity index (χ2v) is 4.30. The fourth-order valence-corrected chi connectivity index (χ4v) is 1.80. The summed E-state index contributed by atoms with van der Waals surface area (Å²) in [6.07, 6.45) is 0. The van der Waals surface area contributed by atoms with E-state index in [-0.39, 0.29) is 11.6 Å². The van der Waals surface area contributed by atoms with Crippen LogP contribution in [0.15, 0.2) is 6.07 Å². The Bertz CT molecular complexity index is 664. The van der Waals surface area contributed by atoms with Crippen molar-refractivity contribution in [1.29, 1.82) is 0 Å². The average Bonchev–Trinajstić information content (AvgIpc) is 2.62. The van der Waals surface area contributed by atoms with Crippen molar-refractivity contribution >= 4 is 17.5 Å². The first-order valence-corrected chi connectivity index (χ1v) is 5.92. The molecule has 2 rings (SSSR count). The molecule has 0 saturated carbocycles. The van der Waals surface area contributed by atoms with Crippen molar-refractivity contribution in [2.24, 2.45) is 7.05 Å². The molecular formula is C12H16N6O2. The molecule has 0 radical (unpaired) electrons. The molecule has 20 heavy (non-hydrogen) atoms. The summed E-state index contributed by atoms with van der Waals surface area (Å²) in [5.41, 5.74) is 7.72. The Hall–Kier alpha value is -2.64. The molecule has 0 bridgehead atoms. The molecule has 2 aromatic heterocycles. The van der Waals surface area contributed by atoms with Crippen LogP contribution in [0.5, 0.6) is 5.88 Å². The Morgan fingerprint density at radius 2 is 2.10 bits per heavy atom. The van der Waals surface area contributed by atoms with Gasteiger partial charge in [-0.25, -0.2) is 4.98 Å². The molecule has 0 atom stereocenters. The average molecular weight is 276 g/mol. The van der Waals surface area contributed by atoms with Crippen LogP contribution in [0.1, 0.15) is 21.9 Å². The van der Waals surface area contributed by atoms with Gasteiger partial charge in [-0.3, -0.25) is 14.8 Å². The number of methoxy groups -OCH3 is 1. The summed E-state index contributed by atoms with van der Waals surface area (Å²) in [5, 5.41) is 6.68. The first kappa shape index (κ1) is 13.8. The van der Waals surface area contributed by atoms with E-state index >= 15 is 0 Å². The lowest BCUT2D eigenvalue weighted by atomic mass is 10.3. The van der Waals surface area contributed by atoms with Gasteiger partial charge in [0.05, 0.1) is 18.5 Å². The van der Waals surface area contributed by atoms with Crippen LogP contribution in [0.4, 0.5) is 11.6 Å². The maximum absolute atomic E-state index is 12.2. The third-order valence-corrected chi connectivity index (χ3v) is 2.75. The van der Waals surface area contributed by atoms with Crippen LogP contribution in [-0.4, -0.2) is 32.8 Å². The number of nitrogens with two attached hydrogens (primary N) is 1. The zero-order valence-corrected chi connectivity index (χ0v) is 11.8. The van der Waals surface area contributed by atoms with E-state index in [4.69, 9.17) is 10.5 Å². The number of nitrogens with one attached hydrogen (secondary N) is 1. The van der Waals surface area contributed by atoms with Gasteiger partial charge >= 0.3 is 0 Å². The van der Waals surface area contributed by atoms with Crippen LogP contribution in [0.3, 0.4) is 0 Å². The van der Waals surface area contributed by atoms with Gasteiger partial charge in [-0.2, -0.15) is 10.1 Å². The van der Waals surface area contributed by atoms with Crippen molar-refractivity contribution < 1.29 is 9.53 Å². The molecule has 0 aliphatic heterocycles. The Morgan fingerprint density at radius 1 is 1.40 bits per heavy atom. The van der Waals surface area contributed by atoms with Crippen molar-refractivity contribution in [3.05, 3.63) is 23.1 Å². The Balaban J connectivity index is 2.30. The number of aromatic nitrogens is 4. The third kappa shape index (κ3) is 2.53. The van der Waals surface area contributed by atoms with E-state index in [0.717, 1.165) is 0 Å². The number of rotatable bonds is 3. The molecule has 3 N–H and O–H groups in total. The van der Waals surface area contributed by atoms with Gasteiger partial charge in [0.15, 0.2) is 0 Å². The monoisotopic (exact) mass is 276 g/mol. The fraction of sp³-hybridized carbons (Fsp3) is 0.333. The number of ether oxygens (including phenoxy) is 1. The number of nitrogens with zero attached hydrogens (tertiary/aromatic N) is 4. The maximum atomic E-state index is 12.2. The molecule has 8 nitrogen and oxygen atoms in total. The van der Waals surface area contributed by atoms with Crippen molar-refractivity contribution in [2.75, 3.05) is 18.2 Å². The first-order valence-electron chi connectivity index (χ1n) is 5.92. The van der Waals surface area contributed by atoms with Crippen molar-refractivity contribution in [3.8, 4) is 5.88 Å². The Labute approximate surface area is 116 Å². The van der Waals surface area contributed by atoms with Crippen LogP contribution in [-0.2, 0) is 7.05 Å². The molecule has 0 aliphatic rings. The summed E-state index contributed by atoms with van der Waals surface area (Å²) in [6.45, 7) is 3.51. The van der Waals surface area contributed by atoms with E-state index < -0.39 is 5.91 Å². The number of anilines is 2. The lowest BCUT2D eigenvalue weighted by Gasteiger charge is -2.07. The fourth-order valence-electron chi connectivity index (χ4n) is 1.80. The quantitative estimate of drug-likeness (QED) is 0.853. The van der Waals surface area contributed by atoms with Gasteiger partial charge in [0.2, 0.25) is 11.8 Å². The number of hydrogen-bond acceptors (Lipinski definition) is 6. The SMILES string of the molecule is COc1cc(C)nc(NC(=O)c2c(N)c(C)nn2C)n1. The Morgan fingerprint density at radius 3 is 2.65 bits per heavy atom. The number of nitrogen functional groups attached to an aromatic ring is 1. The van der Waals surface area contributed by atoms with E-state index in [1.807, 2.05) is 0 Å². The smallest absolute Gasteiger partial charge is 0.278 e. The molecule has 8 heteroatoms. The lowest BCUT2D eigenvalue weighted by Crippen LogP contribution is -2.19. The van der Waals surface area contributed by atoms with Crippen LogP contribution < -0.4 is 15.8 Å². The van der Waals surface area contributed by atoms with Gasteiger partial charge < -0.3 is 10.5 Å². The second-order valence-electron chi connectivity index (χ2n) is 4.30. The summed E-state index contributed by atoms with van der Waals surface area (Å²) in [5.74, 6) is 0.116. The van der Waals surface area contributed by atoms with E-state index in [9.17, 15) is 4.79 Å². The number of carbonyl (C=O) groups excluding carboxylic acids is 1.